The Hall–Kier alpha value is -2.80. The van der Waals surface area contributed by atoms with Gasteiger partial charge in [-0.3, -0.25) is 4.79 Å². The van der Waals surface area contributed by atoms with E-state index in [1.165, 1.54) is 6.92 Å². The van der Waals surface area contributed by atoms with Crippen molar-refractivity contribution in [1.82, 2.24) is 10.3 Å². The fraction of sp³-hybridized carbons (Fsp3) is 0.500. The molecule has 2 aliphatic rings. The summed E-state index contributed by atoms with van der Waals surface area (Å²) in [6.45, 7) is 7.51. The number of amides is 1. The maximum Gasteiger partial charge on any atom is 0.217 e. The van der Waals surface area contributed by atoms with Crippen LogP contribution in [0, 0.1) is 5.92 Å². The summed E-state index contributed by atoms with van der Waals surface area (Å²) in [5, 5.41) is 2.90. The Kier molecular flexibility index (Phi) is 6.92. The summed E-state index contributed by atoms with van der Waals surface area (Å²) in [7, 11) is 0. The van der Waals surface area contributed by atoms with Gasteiger partial charge >= 0.3 is 0 Å². The molecule has 2 aromatic rings. The third kappa shape index (κ3) is 5.88. The molecule has 0 bridgehead atoms. The Morgan fingerprint density at radius 2 is 2.13 bits per heavy atom. The minimum atomic E-state index is -0.0314. The Morgan fingerprint density at radius 3 is 2.87 bits per heavy atom. The normalized spacial score (nSPS) is 21.7. The average Bonchev–Trinajstić information content (AvgIpc) is 3.45. The fourth-order valence-corrected chi connectivity index (χ4v) is 4.07. The topological polar surface area (TPSA) is 72.9 Å². The van der Waals surface area contributed by atoms with Crippen LogP contribution in [0.4, 0.5) is 5.69 Å². The van der Waals surface area contributed by atoms with Crippen LogP contribution >= 0.6 is 0 Å². The maximum absolute atomic E-state index is 11.2. The smallest absolute Gasteiger partial charge is 0.217 e. The molecule has 7 nitrogen and oxygen atoms in total. The zero-order chi connectivity index (χ0) is 21.6. The lowest BCUT2D eigenvalue weighted by Gasteiger charge is -2.20. The van der Waals surface area contributed by atoms with Gasteiger partial charge in [0.25, 0.3) is 0 Å². The van der Waals surface area contributed by atoms with Crippen LogP contribution in [-0.2, 0) is 9.53 Å². The van der Waals surface area contributed by atoms with Gasteiger partial charge in [0, 0.05) is 50.4 Å². The highest BCUT2D eigenvalue weighted by Gasteiger charge is 2.25. The molecule has 31 heavy (non-hydrogen) atoms. The zero-order valence-corrected chi connectivity index (χ0v) is 18.3. The van der Waals surface area contributed by atoms with E-state index in [2.05, 4.69) is 15.2 Å². The van der Waals surface area contributed by atoms with Crippen molar-refractivity contribution >= 4 is 11.6 Å². The molecule has 3 heterocycles. The van der Waals surface area contributed by atoms with Gasteiger partial charge in [0.2, 0.25) is 11.8 Å². The van der Waals surface area contributed by atoms with Crippen LogP contribution < -0.4 is 19.7 Å². The number of nitrogens with one attached hydrogen (secondary N) is 1. The summed E-state index contributed by atoms with van der Waals surface area (Å²) < 4.78 is 17.5. The summed E-state index contributed by atoms with van der Waals surface area (Å²) >= 11 is 0. The van der Waals surface area contributed by atoms with Gasteiger partial charge < -0.3 is 24.4 Å². The number of carbonyl (C=O) groups is 1. The van der Waals surface area contributed by atoms with E-state index in [4.69, 9.17) is 14.2 Å². The van der Waals surface area contributed by atoms with Crippen molar-refractivity contribution in [1.29, 1.82) is 0 Å². The number of benzene rings is 1. The Labute approximate surface area is 183 Å². The Morgan fingerprint density at radius 1 is 1.29 bits per heavy atom. The standard InChI is InChI=1S/C24H31N3O4/c1-17(26-18(2)28)20-3-5-22(6-4-20)31-23-8-11-27(14-23)21-7-10-25-24(13-21)30-16-19-9-12-29-15-19/h3-7,10,13,17,19,23H,8-9,11-12,14-16H2,1-2H3,(H,26,28)/t17-,19?,23+/m0/s1. The van der Waals surface area contributed by atoms with Crippen molar-refractivity contribution in [2.75, 3.05) is 37.8 Å². The number of rotatable bonds is 8. The number of hydrogen-bond donors (Lipinski definition) is 1. The van der Waals surface area contributed by atoms with Gasteiger partial charge in [0.15, 0.2) is 0 Å². The van der Waals surface area contributed by atoms with E-state index in [0.717, 1.165) is 56.1 Å². The predicted molar refractivity (Wildman–Crippen MR) is 119 cm³/mol. The van der Waals surface area contributed by atoms with Crippen molar-refractivity contribution in [2.45, 2.75) is 38.8 Å². The molecule has 0 aliphatic carbocycles. The van der Waals surface area contributed by atoms with E-state index in [-0.39, 0.29) is 18.1 Å². The average molecular weight is 426 g/mol. The lowest BCUT2D eigenvalue weighted by molar-refractivity contribution is -0.119. The second-order valence-electron chi connectivity index (χ2n) is 8.36. The third-order valence-corrected chi connectivity index (χ3v) is 5.82. The minimum Gasteiger partial charge on any atom is -0.489 e. The van der Waals surface area contributed by atoms with Crippen LogP contribution in [0.3, 0.4) is 0 Å². The van der Waals surface area contributed by atoms with Crippen LogP contribution in [-0.4, -0.2) is 49.9 Å². The first-order chi connectivity index (χ1) is 15.1. The molecule has 2 saturated heterocycles. The van der Waals surface area contributed by atoms with Gasteiger partial charge in [-0.25, -0.2) is 4.98 Å². The first-order valence-electron chi connectivity index (χ1n) is 11.0. The molecular formula is C24H31N3O4. The SMILES string of the molecule is CC(=O)N[C@@H](C)c1ccc(O[C@@H]2CCN(c3ccnc(OCC4CCOC4)c3)C2)cc1. The Balaban J connectivity index is 1.29. The monoisotopic (exact) mass is 425 g/mol. The summed E-state index contributed by atoms with van der Waals surface area (Å²) in [6.07, 6.45) is 3.95. The lowest BCUT2D eigenvalue weighted by Crippen LogP contribution is -2.25. The summed E-state index contributed by atoms with van der Waals surface area (Å²) in [6, 6.07) is 12.0. The molecule has 1 aromatic heterocycles. The van der Waals surface area contributed by atoms with Gasteiger partial charge in [-0.1, -0.05) is 12.1 Å². The van der Waals surface area contributed by atoms with Crippen LogP contribution in [0.1, 0.15) is 38.3 Å². The van der Waals surface area contributed by atoms with E-state index in [1.54, 1.807) is 6.20 Å². The number of carbonyl (C=O) groups excluding carboxylic acids is 1. The second kappa shape index (κ2) is 10.0. The molecule has 166 valence electrons. The van der Waals surface area contributed by atoms with E-state index in [9.17, 15) is 4.79 Å². The molecule has 1 unspecified atom stereocenters. The van der Waals surface area contributed by atoms with Gasteiger partial charge in [-0.05, 0) is 37.1 Å². The van der Waals surface area contributed by atoms with Crippen molar-refractivity contribution in [3.05, 3.63) is 48.2 Å². The largest absolute Gasteiger partial charge is 0.489 e. The number of nitrogens with zero attached hydrogens (tertiary/aromatic N) is 2. The van der Waals surface area contributed by atoms with Crippen molar-refractivity contribution in [3.8, 4) is 11.6 Å². The fourth-order valence-electron chi connectivity index (χ4n) is 4.07. The number of hydrogen-bond acceptors (Lipinski definition) is 6. The van der Waals surface area contributed by atoms with Gasteiger partial charge in [-0.2, -0.15) is 0 Å². The van der Waals surface area contributed by atoms with E-state index in [1.807, 2.05) is 43.3 Å². The molecule has 1 amide bonds. The van der Waals surface area contributed by atoms with Crippen molar-refractivity contribution < 1.29 is 19.0 Å². The molecule has 1 N–H and O–H groups in total. The second-order valence-corrected chi connectivity index (χ2v) is 8.36. The number of aromatic nitrogens is 1. The highest BCUT2D eigenvalue weighted by Crippen LogP contribution is 2.27. The third-order valence-electron chi connectivity index (χ3n) is 5.82. The predicted octanol–water partition coefficient (Wildman–Crippen LogP) is 3.35. The number of pyridine rings is 1. The minimum absolute atomic E-state index is 0.0159. The maximum atomic E-state index is 11.2. The molecule has 2 aliphatic heterocycles. The molecule has 0 radical (unpaired) electrons. The lowest BCUT2D eigenvalue weighted by atomic mass is 10.1. The van der Waals surface area contributed by atoms with Gasteiger partial charge in [-0.15, -0.1) is 0 Å². The highest BCUT2D eigenvalue weighted by atomic mass is 16.5. The van der Waals surface area contributed by atoms with E-state index >= 15 is 0 Å². The molecule has 7 heteroatoms. The van der Waals surface area contributed by atoms with Crippen molar-refractivity contribution in [2.24, 2.45) is 5.92 Å². The molecule has 1 aromatic carbocycles. The van der Waals surface area contributed by atoms with E-state index < -0.39 is 0 Å². The van der Waals surface area contributed by atoms with Crippen LogP contribution in [0.25, 0.3) is 0 Å². The molecular weight excluding hydrogens is 394 g/mol. The van der Waals surface area contributed by atoms with Gasteiger partial charge in [0.05, 0.1) is 25.8 Å². The van der Waals surface area contributed by atoms with Gasteiger partial charge in [0.1, 0.15) is 11.9 Å². The zero-order valence-electron chi connectivity index (χ0n) is 18.3. The summed E-state index contributed by atoms with van der Waals surface area (Å²) in [5.41, 5.74) is 2.17. The quantitative estimate of drug-likeness (QED) is 0.699. The first-order valence-corrected chi connectivity index (χ1v) is 11.0. The summed E-state index contributed by atoms with van der Waals surface area (Å²) in [4.78, 5) is 17.9. The van der Waals surface area contributed by atoms with Crippen LogP contribution in [0.5, 0.6) is 11.6 Å². The number of anilines is 1. The van der Waals surface area contributed by atoms with Crippen LogP contribution in [0.15, 0.2) is 42.6 Å². The molecule has 4 rings (SSSR count). The summed E-state index contributed by atoms with van der Waals surface area (Å²) in [5.74, 6) is 1.94. The molecule has 0 spiro atoms. The van der Waals surface area contributed by atoms with E-state index in [0.29, 0.717) is 18.4 Å². The number of ether oxygens (including phenoxy) is 3. The molecule has 3 atom stereocenters. The Bertz CT molecular complexity index is 867. The molecule has 0 saturated carbocycles. The van der Waals surface area contributed by atoms with Crippen molar-refractivity contribution in [3.63, 3.8) is 0 Å². The highest BCUT2D eigenvalue weighted by molar-refractivity contribution is 5.73. The first kappa shape index (κ1) is 21.4. The molecule has 2 fully saturated rings. The van der Waals surface area contributed by atoms with Crippen LogP contribution in [0.2, 0.25) is 0 Å².